The summed E-state index contributed by atoms with van der Waals surface area (Å²) in [7, 11) is 0. The van der Waals surface area contributed by atoms with Crippen LogP contribution in [0.3, 0.4) is 0 Å². The van der Waals surface area contributed by atoms with Crippen molar-refractivity contribution in [2.75, 3.05) is 11.9 Å². The molecule has 6 heteroatoms. The van der Waals surface area contributed by atoms with Gasteiger partial charge in [0.15, 0.2) is 0 Å². The van der Waals surface area contributed by atoms with E-state index in [4.69, 9.17) is 5.26 Å². The fraction of sp³-hybridized carbons (Fsp3) is 0.111. The van der Waals surface area contributed by atoms with Crippen molar-refractivity contribution in [3.63, 3.8) is 0 Å². The van der Waals surface area contributed by atoms with Crippen LogP contribution in [0, 0.1) is 11.3 Å². The molecule has 0 atom stereocenters. The average molecular weight is 386 g/mol. The van der Waals surface area contributed by atoms with Gasteiger partial charge in [-0.3, -0.25) is 4.79 Å². The van der Waals surface area contributed by atoms with Crippen LogP contribution in [0.4, 0.5) is 5.69 Å². The van der Waals surface area contributed by atoms with E-state index in [0.29, 0.717) is 18.7 Å². The van der Waals surface area contributed by atoms with Crippen molar-refractivity contribution in [2.45, 2.75) is 6.42 Å². The summed E-state index contributed by atoms with van der Waals surface area (Å²) < 4.78 is 0.910. The van der Waals surface area contributed by atoms with E-state index in [0.717, 1.165) is 10.0 Å². The fourth-order valence-corrected chi connectivity index (χ4v) is 2.20. The predicted molar refractivity (Wildman–Crippen MR) is 96.3 cm³/mol. The van der Waals surface area contributed by atoms with Crippen molar-refractivity contribution < 1.29 is 9.90 Å². The molecule has 2 aromatic rings. The van der Waals surface area contributed by atoms with Gasteiger partial charge in [-0.1, -0.05) is 28.1 Å². The third kappa shape index (κ3) is 5.45. The van der Waals surface area contributed by atoms with Gasteiger partial charge in [0.05, 0.1) is 0 Å². The van der Waals surface area contributed by atoms with Gasteiger partial charge in [-0.15, -0.1) is 0 Å². The Morgan fingerprint density at radius 2 is 1.83 bits per heavy atom. The molecule has 5 nitrogen and oxygen atoms in total. The fourth-order valence-electron chi connectivity index (χ4n) is 1.93. The first kappa shape index (κ1) is 17.6. The molecule has 0 saturated carbocycles. The highest BCUT2D eigenvalue weighted by Crippen LogP contribution is 2.14. The van der Waals surface area contributed by atoms with Gasteiger partial charge >= 0.3 is 0 Å². The van der Waals surface area contributed by atoms with E-state index in [9.17, 15) is 9.90 Å². The van der Waals surface area contributed by atoms with Gasteiger partial charge in [0.1, 0.15) is 17.4 Å². The Bertz CT molecular complexity index is 762. The number of nitrogens with one attached hydrogen (secondary N) is 2. The third-order valence-corrected chi connectivity index (χ3v) is 3.74. The Kier molecular flexibility index (Phi) is 6.41. The Morgan fingerprint density at radius 3 is 2.46 bits per heavy atom. The molecule has 0 fully saturated rings. The summed E-state index contributed by atoms with van der Waals surface area (Å²) >= 11 is 3.32. The molecule has 0 saturated heterocycles. The lowest BCUT2D eigenvalue weighted by Crippen LogP contribution is -2.17. The molecule has 3 N–H and O–H groups in total. The van der Waals surface area contributed by atoms with Crippen LogP contribution in [0.1, 0.15) is 5.56 Å². The summed E-state index contributed by atoms with van der Waals surface area (Å²) in [6, 6.07) is 15.9. The van der Waals surface area contributed by atoms with Crippen LogP contribution >= 0.6 is 15.9 Å². The highest BCUT2D eigenvalue weighted by molar-refractivity contribution is 9.10. The minimum Gasteiger partial charge on any atom is -0.508 e. The second-order valence-corrected chi connectivity index (χ2v) is 5.92. The van der Waals surface area contributed by atoms with E-state index >= 15 is 0 Å². The molecule has 1 amide bonds. The molecule has 0 aliphatic heterocycles. The number of hydrogen-bond donors (Lipinski definition) is 3. The zero-order valence-corrected chi connectivity index (χ0v) is 14.4. The molecule has 0 aromatic heterocycles. The van der Waals surface area contributed by atoms with Crippen LogP contribution in [0.25, 0.3) is 0 Å². The number of anilines is 1. The van der Waals surface area contributed by atoms with E-state index in [1.807, 2.05) is 18.2 Å². The first-order valence-corrected chi connectivity index (χ1v) is 8.06. The zero-order valence-electron chi connectivity index (χ0n) is 12.8. The van der Waals surface area contributed by atoms with Crippen LogP contribution < -0.4 is 10.6 Å². The molecule has 2 rings (SSSR count). The Labute approximate surface area is 148 Å². The predicted octanol–water partition coefficient (Wildman–Crippen LogP) is 3.33. The van der Waals surface area contributed by atoms with Crippen LogP contribution in [-0.4, -0.2) is 17.6 Å². The number of benzene rings is 2. The number of halogens is 1. The topological polar surface area (TPSA) is 85.2 Å². The van der Waals surface area contributed by atoms with Crippen LogP contribution in [0.2, 0.25) is 0 Å². The Morgan fingerprint density at radius 1 is 1.17 bits per heavy atom. The molecule has 2 aromatic carbocycles. The maximum atomic E-state index is 12.0. The first-order chi connectivity index (χ1) is 11.6. The summed E-state index contributed by atoms with van der Waals surface area (Å²) in [5, 5.41) is 24.0. The second-order valence-electron chi connectivity index (χ2n) is 5.00. The first-order valence-electron chi connectivity index (χ1n) is 7.27. The molecular weight excluding hydrogens is 370 g/mol. The molecule has 0 unspecified atom stereocenters. The van der Waals surface area contributed by atoms with E-state index in [-0.39, 0.29) is 11.3 Å². The minimum atomic E-state index is -0.461. The molecule has 0 aliphatic rings. The second kappa shape index (κ2) is 8.75. The largest absolute Gasteiger partial charge is 0.508 e. The molecular formula is C18H16BrN3O2. The molecule has 24 heavy (non-hydrogen) atoms. The molecule has 122 valence electrons. The van der Waals surface area contributed by atoms with E-state index in [1.165, 1.54) is 6.20 Å². The van der Waals surface area contributed by atoms with E-state index in [1.54, 1.807) is 36.4 Å². The number of amides is 1. The van der Waals surface area contributed by atoms with Gasteiger partial charge in [-0.25, -0.2) is 0 Å². The number of rotatable bonds is 6. The van der Waals surface area contributed by atoms with Crippen LogP contribution in [-0.2, 0) is 11.2 Å². The molecule has 0 aliphatic carbocycles. The van der Waals surface area contributed by atoms with Crippen molar-refractivity contribution in [2.24, 2.45) is 0 Å². The monoisotopic (exact) mass is 385 g/mol. The van der Waals surface area contributed by atoms with Gasteiger partial charge in [-0.05, 0) is 48.4 Å². The smallest absolute Gasteiger partial charge is 0.267 e. The van der Waals surface area contributed by atoms with Crippen molar-refractivity contribution in [1.82, 2.24) is 5.32 Å². The lowest BCUT2D eigenvalue weighted by Gasteiger charge is -2.05. The number of phenolic OH excluding ortho intramolecular Hbond substituents is 1. The quantitative estimate of drug-likeness (QED) is 0.404. The molecule has 0 spiro atoms. The summed E-state index contributed by atoms with van der Waals surface area (Å²) in [5.41, 5.74) is 1.67. The lowest BCUT2D eigenvalue weighted by molar-refractivity contribution is -0.112. The van der Waals surface area contributed by atoms with Crippen molar-refractivity contribution in [3.8, 4) is 11.8 Å². The maximum absolute atomic E-state index is 12.0. The molecule has 0 bridgehead atoms. The number of phenols is 1. The van der Waals surface area contributed by atoms with Crippen molar-refractivity contribution >= 4 is 27.5 Å². The SMILES string of the molecule is N#C/C(=C/NCCc1ccc(O)cc1)C(=O)Nc1ccc(Br)cc1. The highest BCUT2D eigenvalue weighted by atomic mass is 79.9. The van der Waals surface area contributed by atoms with Crippen LogP contribution in [0.15, 0.2) is 64.8 Å². The number of nitriles is 1. The Balaban J connectivity index is 1.86. The minimum absolute atomic E-state index is 0.00336. The van der Waals surface area contributed by atoms with E-state index < -0.39 is 5.91 Å². The Hall–Kier alpha value is -2.78. The lowest BCUT2D eigenvalue weighted by atomic mass is 10.1. The third-order valence-electron chi connectivity index (χ3n) is 3.21. The van der Waals surface area contributed by atoms with Gasteiger partial charge in [0, 0.05) is 22.9 Å². The summed E-state index contributed by atoms with van der Waals surface area (Å²) in [4.78, 5) is 12.0. The zero-order chi connectivity index (χ0) is 17.4. The average Bonchev–Trinajstić information content (AvgIpc) is 2.58. The van der Waals surface area contributed by atoms with Gasteiger partial charge in [0.25, 0.3) is 5.91 Å². The molecule has 0 heterocycles. The summed E-state index contributed by atoms with van der Waals surface area (Å²) in [5.74, 6) is -0.236. The highest BCUT2D eigenvalue weighted by Gasteiger charge is 2.08. The number of hydrogen-bond acceptors (Lipinski definition) is 4. The van der Waals surface area contributed by atoms with Crippen LogP contribution in [0.5, 0.6) is 5.75 Å². The van der Waals surface area contributed by atoms with Gasteiger partial charge < -0.3 is 15.7 Å². The van der Waals surface area contributed by atoms with Gasteiger partial charge in [0.2, 0.25) is 0 Å². The molecule has 0 radical (unpaired) electrons. The summed E-state index contributed by atoms with van der Waals surface area (Å²) in [6.45, 7) is 0.571. The van der Waals surface area contributed by atoms with Gasteiger partial charge in [-0.2, -0.15) is 5.26 Å². The number of carbonyl (C=O) groups is 1. The number of carbonyl (C=O) groups excluding carboxylic acids is 1. The van der Waals surface area contributed by atoms with Crippen molar-refractivity contribution in [3.05, 3.63) is 70.3 Å². The number of nitrogens with zero attached hydrogens (tertiary/aromatic N) is 1. The summed E-state index contributed by atoms with van der Waals surface area (Å²) in [6.07, 6.45) is 2.12. The standard InChI is InChI=1S/C18H16BrN3O2/c19-15-3-5-16(6-4-15)22-18(24)14(11-20)12-21-10-9-13-1-7-17(23)8-2-13/h1-8,12,21,23H,9-10H2,(H,22,24)/b14-12-. The normalized spacial score (nSPS) is 10.8. The maximum Gasteiger partial charge on any atom is 0.267 e. The van der Waals surface area contributed by atoms with E-state index in [2.05, 4.69) is 26.6 Å². The number of aromatic hydroxyl groups is 1. The van der Waals surface area contributed by atoms with Crippen molar-refractivity contribution in [1.29, 1.82) is 5.26 Å².